The van der Waals surface area contributed by atoms with E-state index in [1.807, 2.05) is 24.3 Å². The SMILES string of the molecule is C=CCCOCCCNc1ccccc1. The van der Waals surface area contributed by atoms with E-state index in [0.717, 1.165) is 32.6 Å². The maximum absolute atomic E-state index is 5.40. The molecule has 0 fully saturated rings. The van der Waals surface area contributed by atoms with E-state index >= 15 is 0 Å². The van der Waals surface area contributed by atoms with Crippen LogP contribution in [0.5, 0.6) is 0 Å². The van der Waals surface area contributed by atoms with Crippen LogP contribution in [0.15, 0.2) is 43.0 Å². The summed E-state index contributed by atoms with van der Waals surface area (Å²) in [6, 6.07) is 10.2. The zero-order valence-corrected chi connectivity index (χ0v) is 9.11. The lowest BCUT2D eigenvalue weighted by atomic mass is 10.3. The van der Waals surface area contributed by atoms with E-state index in [9.17, 15) is 0 Å². The van der Waals surface area contributed by atoms with Crippen LogP contribution in [0.1, 0.15) is 12.8 Å². The molecule has 0 atom stereocenters. The second-order valence-corrected chi connectivity index (χ2v) is 3.34. The van der Waals surface area contributed by atoms with Crippen molar-refractivity contribution in [2.45, 2.75) is 12.8 Å². The fourth-order valence-corrected chi connectivity index (χ4v) is 1.23. The topological polar surface area (TPSA) is 21.3 Å². The van der Waals surface area contributed by atoms with Crippen LogP contribution in [0.2, 0.25) is 0 Å². The molecule has 0 aromatic heterocycles. The first-order valence-corrected chi connectivity index (χ1v) is 5.41. The molecule has 0 heterocycles. The van der Waals surface area contributed by atoms with Gasteiger partial charge in [-0.1, -0.05) is 24.3 Å². The van der Waals surface area contributed by atoms with Gasteiger partial charge in [0.05, 0.1) is 0 Å². The zero-order valence-electron chi connectivity index (χ0n) is 9.11. The van der Waals surface area contributed by atoms with E-state index in [1.54, 1.807) is 0 Å². The van der Waals surface area contributed by atoms with Crippen molar-refractivity contribution >= 4 is 5.69 Å². The monoisotopic (exact) mass is 205 g/mol. The van der Waals surface area contributed by atoms with E-state index in [-0.39, 0.29) is 0 Å². The van der Waals surface area contributed by atoms with Gasteiger partial charge < -0.3 is 10.1 Å². The largest absolute Gasteiger partial charge is 0.385 e. The summed E-state index contributed by atoms with van der Waals surface area (Å²) < 4.78 is 5.40. The van der Waals surface area contributed by atoms with Crippen LogP contribution in [-0.2, 0) is 4.74 Å². The number of para-hydroxylation sites is 1. The normalized spacial score (nSPS) is 9.87. The van der Waals surface area contributed by atoms with Crippen molar-refractivity contribution in [3.05, 3.63) is 43.0 Å². The van der Waals surface area contributed by atoms with Gasteiger partial charge in [-0.2, -0.15) is 0 Å². The van der Waals surface area contributed by atoms with Crippen molar-refractivity contribution < 1.29 is 4.74 Å². The number of benzene rings is 1. The van der Waals surface area contributed by atoms with Crippen LogP contribution in [0.3, 0.4) is 0 Å². The molecule has 0 saturated carbocycles. The molecule has 0 saturated heterocycles. The maximum atomic E-state index is 5.40. The minimum Gasteiger partial charge on any atom is -0.385 e. The highest BCUT2D eigenvalue weighted by atomic mass is 16.5. The lowest BCUT2D eigenvalue weighted by Gasteiger charge is -2.06. The van der Waals surface area contributed by atoms with Crippen molar-refractivity contribution in [3.8, 4) is 0 Å². The van der Waals surface area contributed by atoms with E-state index in [2.05, 4.69) is 24.0 Å². The van der Waals surface area contributed by atoms with E-state index in [0.29, 0.717) is 0 Å². The number of anilines is 1. The first kappa shape index (κ1) is 11.8. The van der Waals surface area contributed by atoms with E-state index in [1.165, 1.54) is 5.69 Å². The Labute approximate surface area is 92.0 Å². The van der Waals surface area contributed by atoms with Gasteiger partial charge in [-0.05, 0) is 25.0 Å². The molecule has 0 aliphatic rings. The molecule has 1 aromatic carbocycles. The summed E-state index contributed by atoms with van der Waals surface area (Å²) >= 11 is 0. The van der Waals surface area contributed by atoms with Crippen molar-refractivity contribution in [3.63, 3.8) is 0 Å². The molecule has 0 bridgehead atoms. The predicted octanol–water partition coefficient (Wildman–Crippen LogP) is 3.08. The summed E-state index contributed by atoms with van der Waals surface area (Å²) in [4.78, 5) is 0. The molecule has 1 N–H and O–H groups in total. The highest BCUT2D eigenvalue weighted by molar-refractivity contribution is 5.42. The van der Waals surface area contributed by atoms with E-state index in [4.69, 9.17) is 4.74 Å². The molecular formula is C13H19NO. The summed E-state index contributed by atoms with van der Waals surface area (Å²) in [6.07, 6.45) is 3.85. The van der Waals surface area contributed by atoms with Gasteiger partial charge in [0.1, 0.15) is 0 Å². The molecular weight excluding hydrogens is 186 g/mol. The fourth-order valence-electron chi connectivity index (χ4n) is 1.23. The average molecular weight is 205 g/mol. The lowest BCUT2D eigenvalue weighted by Crippen LogP contribution is -2.05. The van der Waals surface area contributed by atoms with Crippen LogP contribution in [0, 0.1) is 0 Å². The summed E-state index contributed by atoms with van der Waals surface area (Å²) in [5, 5.41) is 3.34. The molecule has 2 heteroatoms. The Kier molecular flexibility index (Phi) is 6.34. The molecule has 15 heavy (non-hydrogen) atoms. The van der Waals surface area contributed by atoms with Gasteiger partial charge in [0.25, 0.3) is 0 Å². The lowest BCUT2D eigenvalue weighted by molar-refractivity contribution is 0.138. The summed E-state index contributed by atoms with van der Waals surface area (Å²) in [7, 11) is 0. The Morgan fingerprint density at radius 1 is 1.20 bits per heavy atom. The first-order chi connectivity index (χ1) is 7.43. The quantitative estimate of drug-likeness (QED) is 0.520. The van der Waals surface area contributed by atoms with Gasteiger partial charge in [0, 0.05) is 25.4 Å². The highest BCUT2D eigenvalue weighted by Gasteiger charge is 1.90. The van der Waals surface area contributed by atoms with Gasteiger partial charge in [0.2, 0.25) is 0 Å². The Morgan fingerprint density at radius 2 is 2.00 bits per heavy atom. The molecule has 0 radical (unpaired) electrons. The molecule has 2 nitrogen and oxygen atoms in total. The van der Waals surface area contributed by atoms with Crippen molar-refractivity contribution in [1.29, 1.82) is 0 Å². The molecule has 1 aromatic rings. The van der Waals surface area contributed by atoms with Crippen LogP contribution in [0.4, 0.5) is 5.69 Å². The summed E-state index contributed by atoms with van der Waals surface area (Å²) in [6.45, 7) is 6.20. The number of hydrogen-bond acceptors (Lipinski definition) is 2. The minimum absolute atomic E-state index is 0.787. The molecule has 0 aliphatic heterocycles. The van der Waals surface area contributed by atoms with Gasteiger partial charge >= 0.3 is 0 Å². The smallest absolute Gasteiger partial charge is 0.0500 e. The van der Waals surface area contributed by atoms with Gasteiger partial charge in [-0.25, -0.2) is 0 Å². The fraction of sp³-hybridized carbons (Fsp3) is 0.385. The van der Waals surface area contributed by atoms with Crippen LogP contribution >= 0.6 is 0 Å². The molecule has 82 valence electrons. The van der Waals surface area contributed by atoms with Crippen LogP contribution in [-0.4, -0.2) is 19.8 Å². The van der Waals surface area contributed by atoms with Crippen molar-refractivity contribution in [2.75, 3.05) is 25.1 Å². The second-order valence-electron chi connectivity index (χ2n) is 3.34. The Bertz CT molecular complexity index is 258. The Morgan fingerprint density at radius 3 is 2.73 bits per heavy atom. The summed E-state index contributed by atoms with van der Waals surface area (Å²) in [5.41, 5.74) is 1.17. The zero-order chi connectivity index (χ0) is 10.8. The van der Waals surface area contributed by atoms with E-state index < -0.39 is 0 Å². The summed E-state index contributed by atoms with van der Waals surface area (Å²) in [5.74, 6) is 0. The molecule has 0 aliphatic carbocycles. The highest BCUT2D eigenvalue weighted by Crippen LogP contribution is 2.04. The minimum atomic E-state index is 0.787. The molecule has 1 rings (SSSR count). The molecule has 0 unspecified atom stereocenters. The van der Waals surface area contributed by atoms with Crippen molar-refractivity contribution in [2.24, 2.45) is 0 Å². The number of rotatable bonds is 8. The van der Waals surface area contributed by atoms with Gasteiger partial charge in [-0.15, -0.1) is 6.58 Å². The predicted molar refractivity (Wildman–Crippen MR) is 65.2 cm³/mol. The molecule has 0 amide bonds. The van der Waals surface area contributed by atoms with Gasteiger partial charge in [-0.3, -0.25) is 0 Å². The van der Waals surface area contributed by atoms with Gasteiger partial charge in [0.15, 0.2) is 0 Å². The second kappa shape index (κ2) is 8.06. The number of ether oxygens (including phenoxy) is 1. The number of hydrogen-bond donors (Lipinski definition) is 1. The molecule has 0 spiro atoms. The van der Waals surface area contributed by atoms with Crippen LogP contribution in [0.25, 0.3) is 0 Å². The Hall–Kier alpha value is -1.28. The average Bonchev–Trinajstić information content (AvgIpc) is 2.29. The standard InChI is InChI=1S/C13H19NO/c1-2-3-11-15-12-7-10-14-13-8-5-4-6-9-13/h2,4-6,8-9,14H,1,3,7,10-12H2. The first-order valence-electron chi connectivity index (χ1n) is 5.41. The van der Waals surface area contributed by atoms with Crippen molar-refractivity contribution in [1.82, 2.24) is 0 Å². The van der Waals surface area contributed by atoms with Crippen LogP contribution < -0.4 is 5.32 Å². The Balaban J connectivity index is 1.95. The number of nitrogens with one attached hydrogen (secondary N) is 1. The third kappa shape index (κ3) is 5.92. The third-order valence-corrected chi connectivity index (χ3v) is 2.03. The third-order valence-electron chi connectivity index (χ3n) is 2.03. The maximum Gasteiger partial charge on any atom is 0.0500 e.